The number of fused-ring (bicyclic) bond motifs is 1. The number of nitrogens with zero attached hydrogens (tertiary/aromatic N) is 3. The number of pyridine rings is 1. The molecule has 26 heavy (non-hydrogen) atoms. The summed E-state index contributed by atoms with van der Waals surface area (Å²) in [5, 5.41) is 21.8. The van der Waals surface area contributed by atoms with Gasteiger partial charge >= 0.3 is 0 Å². The van der Waals surface area contributed by atoms with E-state index < -0.39 is 17.6 Å². The van der Waals surface area contributed by atoms with Gasteiger partial charge in [0.15, 0.2) is 11.4 Å². The molecule has 0 aliphatic carbocycles. The first-order valence-corrected chi connectivity index (χ1v) is 7.94. The third-order valence-electron chi connectivity index (χ3n) is 4.23. The molecule has 10 heteroatoms. The van der Waals surface area contributed by atoms with Crippen molar-refractivity contribution in [2.75, 3.05) is 18.9 Å². The molecule has 0 fully saturated rings. The van der Waals surface area contributed by atoms with Crippen LogP contribution >= 0.6 is 0 Å². The molecule has 136 valence electrons. The highest BCUT2D eigenvalue weighted by molar-refractivity contribution is 6.23. The van der Waals surface area contributed by atoms with Gasteiger partial charge in [-0.25, -0.2) is 10.2 Å². The number of quaternary nitrogens is 2. The Balaban J connectivity index is 1.89. The van der Waals surface area contributed by atoms with E-state index in [-0.39, 0.29) is 16.0 Å². The van der Waals surface area contributed by atoms with Gasteiger partial charge in [0.05, 0.1) is 25.1 Å². The van der Waals surface area contributed by atoms with E-state index in [0.29, 0.717) is 25.2 Å². The van der Waals surface area contributed by atoms with Crippen LogP contribution in [0.1, 0.15) is 11.1 Å². The molecule has 1 amide bonds. The maximum absolute atomic E-state index is 13.1. The van der Waals surface area contributed by atoms with Gasteiger partial charge in [0, 0.05) is 18.2 Å². The van der Waals surface area contributed by atoms with Crippen LogP contribution in [0.15, 0.2) is 40.8 Å². The minimum atomic E-state index is -0.626. The van der Waals surface area contributed by atoms with Gasteiger partial charge in [0.25, 0.3) is 5.91 Å². The van der Waals surface area contributed by atoms with Gasteiger partial charge in [-0.05, 0) is 5.56 Å². The van der Waals surface area contributed by atoms with Crippen LogP contribution in [0, 0.1) is 5.41 Å². The minimum absolute atomic E-state index is 0.105. The molecule has 0 saturated carbocycles. The molecular weight excluding hydrogens is 341 g/mol. The van der Waals surface area contributed by atoms with E-state index in [2.05, 4.69) is 15.3 Å². The molecule has 0 aromatic carbocycles. The van der Waals surface area contributed by atoms with Crippen LogP contribution in [0.3, 0.4) is 0 Å². The van der Waals surface area contributed by atoms with Gasteiger partial charge in [-0.3, -0.25) is 20.5 Å². The lowest BCUT2D eigenvalue weighted by Gasteiger charge is -2.31. The maximum atomic E-state index is 13.1. The number of hydrogen-bond donors (Lipinski definition) is 5. The van der Waals surface area contributed by atoms with Crippen molar-refractivity contribution < 1.29 is 24.4 Å². The van der Waals surface area contributed by atoms with Crippen molar-refractivity contribution in [2.45, 2.75) is 13.0 Å². The zero-order chi connectivity index (χ0) is 18.9. The van der Waals surface area contributed by atoms with Gasteiger partial charge in [-0.2, -0.15) is 9.04 Å². The number of aliphatic imine (C=N–C) groups is 1. The first-order valence-electron chi connectivity index (χ1n) is 7.94. The second-order valence-corrected chi connectivity index (χ2v) is 6.40. The molecule has 1 aromatic rings. The summed E-state index contributed by atoms with van der Waals surface area (Å²) in [6.07, 6.45) is 5.83. The Morgan fingerprint density at radius 3 is 2.92 bits per heavy atom. The topological polar surface area (TPSA) is 141 Å². The second kappa shape index (κ2) is 6.75. The van der Waals surface area contributed by atoms with E-state index in [1.54, 1.807) is 13.2 Å². The van der Waals surface area contributed by atoms with E-state index >= 15 is 0 Å². The molecular formula is C16H20FN7O2+2. The summed E-state index contributed by atoms with van der Waals surface area (Å²) in [7, 11) is 1.70. The van der Waals surface area contributed by atoms with Crippen LogP contribution in [0.4, 0.5) is 10.1 Å². The van der Waals surface area contributed by atoms with Gasteiger partial charge in [0.1, 0.15) is 25.1 Å². The number of amides is 1. The molecule has 1 atom stereocenters. The molecule has 0 spiro atoms. The fourth-order valence-electron chi connectivity index (χ4n) is 2.95. The maximum Gasteiger partial charge on any atom is 0.267 e. The monoisotopic (exact) mass is 361 g/mol. The molecule has 7 N–H and O–H groups in total. The molecule has 0 saturated heterocycles. The van der Waals surface area contributed by atoms with Crippen molar-refractivity contribution in [2.24, 2.45) is 10.7 Å². The number of likely N-dealkylation sites (N-methyl/N-ethyl adjacent to an activating group) is 1. The number of nitrogens with one attached hydrogen (secondary N) is 2. The number of allylic oxidation sites excluding steroid dienone is 1. The summed E-state index contributed by atoms with van der Waals surface area (Å²) >= 11 is 0. The first kappa shape index (κ1) is 17.9. The smallest absolute Gasteiger partial charge is 0.267 e. The van der Waals surface area contributed by atoms with E-state index in [1.165, 1.54) is 11.5 Å². The highest BCUT2D eigenvalue weighted by atomic mass is 19.1. The van der Waals surface area contributed by atoms with E-state index in [4.69, 9.17) is 11.1 Å². The Morgan fingerprint density at radius 2 is 2.27 bits per heavy atom. The quantitative estimate of drug-likeness (QED) is 0.214. The summed E-state index contributed by atoms with van der Waals surface area (Å²) < 4.78 is 12.9. The molecule has 0 radical (unpaired) electrons. The summed E-state index contributed by atoms with van der Waals surface area (Å²) in [4.78, 5) is 20.6. The van der Waals surface area contributed by atoms with Crippen molar-refractivity contribution >= 4 is 23.6 Å². The SMILES string of the molecule is C[N+]1(O)CCc2c(cncc2NC(=O)C(C(=N)N)=C2N=CC(F)=C[NH2+]2)C1. The Hall–Kier alpha value is -2.95. The molecule has 2 aliphatic heterocycles. The number of hydroxylamine groups is 3. The zero-order valence-corrected chi connectivity index (χ0v) is 14.2. The highest BCUT2D eigenvalue weighted by Crippen LogP contribution is 2.27. The minimum Gasteiger partial charge on any atom is -0.383 e. The number of hydrogen-bond acceptors (Lipinski definition) is 5. The number of halogens is 1. The Kier molecular flexibility index (Phi) is 4.64. The van der Waals surface area contributed by atoms with Crippen molar-refractivity contribution in [3.63, 3.8) is 0 Å². The number of carbonyl (C=O) groups is 1. The largest absolute Gasteiger partial charge is 0.383 e. The normalized spacial score (nSPS) is 23.7. The van der Waals surface area contributed by atoms with E-state index in [0.717, 1.165) is 23.5 Å². The first-order chi connectivity index (χ1) is 12.3. The van der Waals surface area contributed by atoms with E-state index in [9.17, 15) is 14.4 Å². The van der Waals surface area contributed by atoms with Crippen LogP contribution in [0.5, 0.6) is 0 Å². The number of nitrogens with two attached hydrogens (primary N) is 2. The molecule has 0 bridgehead atoms. The highest BCUT2D eigenvalue weighted by Gasteiger charge is 2.30. The lowest BCUT2D eigenvalue weighted by atomic mass is 10.00. The zero-order valence-electron chi connectivity index (χ0n) is 14.2. The molecule has 9 nitrogen and oxygen atoms in total. The number of amidine groups is 1. The van der Waals surface area contributed by atoms with Crippen molar-refractivity contribution in [1.29, 1.82) is 5.41 Å². The van der Waals surface area contributed by atoms with Crippen LogP contribution in [0.2, 0.25) is 0 Å². The van der Waals surface area contributed by atoms with Gasteiger partial charge in [-0.15, -0.1) is 0 Å². The number of anilines is 1. The molecule has 3 rings (SSSR count). The predicted molar refractivity (Wildman–Crippen MR) is 91.7 cm³/mol. The van der Waals surface area contributed by atoms with Crippen LogP contribution < -0.4 is 16.4 Å². The molecule has 3 heterocycles. The number of carbonyl (C=O) groups excluding carboxylic acids is 1. The Bertz CT molecular complexity index is 873. The average Bonchev–Trinajstić information content (AvgIpc) is 2.55. The summed E-state index contributed by atoms with van der Waals surface area (Å²) in [5.74, 6) is -1.55. The number of rotatable bonds is 3. The average molecular weight is 361 g/mol. The van der Waals surface area contributed by atoms with Crippen molar-refractivity contribution in [3.8, 4) is 0 Å². The third-order valence-corrected chi connectivity index (χ3v) is 4.23. The summed E-state index contributed by atoms with van der Waals surface area (Å²) in [6, 6.07) is 0. The fourth-order valence-corrected chi connectivity index (χ4v) is 2.95. The second-order valence-electron chi connectivity index (χ2n) is 6.40. The number of aromatic nitrogens is 1. The standard InChI is InChI=1S/C16H18FN7O2/c1-24(26)3-2-11-9(8-24)4-20-7-12(11)23-16(25)13(14(18)19)15-21-5-10(17)6-22-15/h4-7,26H,2-3,8H2,1H3,(H4-,18,19,21,22,23,25)/p+2. The lowest BCUT2D eigenvalue weighted by Crippen LogP contribution is -2.77. The van der Waals surface area contributed by atoms with Crippen molar-refractivity contribution in [3.05, 3.63) is 46.9 Å². The summed E-state index contributed by atoms with van der Waals surface area (Å²) in [6.45, 7) is 0.886. The van der Waals surface area contributed by atoms with Crippen LogP contribution in [-0.2, 0) is 17.8 Å². The predicted octanol–water partition coefficient (Wildman–Crippen LogP) is -0.482. The van der Waals surface area contributed by atoms with Gasteiger partial charge in [-0.1, -0.05) is 0 Å². The van der Waals surface area contributed by atoms with Crippen molar-refractivity contribution in [1.82, 2.24) is 4.98 Å². The third kappa shape index (κ3) is 3.67. The van der Waals surface area contributed by atoms with Crippen LogP contribution in [-0.4, -0.2) is 46.4 Å². The van der Waals surface area contributed by atoms with E-state index in [1.807, 2.05) is 0 Å². The summed E-state index contributed by atoms with van der Waals surface area (Å²) in [5.41, 5.74) is 7.60. The van der Waals surface area contributed by atoms with Gasteiger partial charge in [0.2, 0.25) is 5.82 Å². The molecule has 1 unspecified atom stereocenters. The molecule has 2 aliphatic rings. The Labute approximate surface area is 148 Å². The van der Waals surface area contributed by atoms with Gasteiger partial charge < -0.3 is 11.1 Å². The Morgan fingerprint density at radius 1 is 1.50 bits per heavy atom. The fraction of sp³-hybridized carbons (Fsp3) is 0.250. The van der Waals surface area contributed by atoms with Crippen LogP contribution in [0.25, 0.3) is 0 Å². The lowest BCUT2D eigenvalue weighted by molar-refractivity contribution is -1.10. The molecule has 1 aromatic heterocycles.